The minimum absolute atomic E-state index is 0.211. The summed E-state index contributed by atoms with van der Waals surface area (Å²) in [6.07, 6.45) is 1.04. The average molecular weight is 523 g/mol. The highest BCUT2D eigenvalue weighted by atomic mass is 16.5. The summed E-state index contributed by atoms with van der Waals surface area (Å²) in [5.41, 5.74) is -4.55. The molecule has 1 N–H and O–H groups in total. The first-order valence-corrected chi connectivity index (χ1v) is 12.1. The van der Waals surface area contributed by atoms with Crippen molar-refractivity contribution in [1.82, 2.24) is 0 Å². The average Bonchev–Trinajstić information content (AvgIpc) is 3.06. The highest BCUT2D eigenvalue weighted by molar-refractivity contribution is 6.15. The van der Waals surface area contributed by atoms with E-state index in [1.807, 2.05) is 0 Å². The van der Waals surface area contributed by atoms with Crippen molar-refractivity contribution in [3.63, 3.8) is 0 Å². The molecule has 37 heavy (non-hydrogen) atoms. The van der Waals surface area contributed by atoms with Crippen LogP contribution in [0.2, 0.25) is 0 Å². The van der Waals surface area contributed by atoms with E-state index < -0.39 is 70.6 Å². The third-order valence-electron chi connectivity index (χ3n) is 7.44. The van der Waals surface area contributed by atoms with E-state index in [2.05, 4.69) is 16.6 Å². The molecule has 0 heterocycles. The van der Waals surface area contributed by atoms with E-state index in [-0.39, 0.29) is 25.7 Å². The van der Waals surface area contributed by atoms with Crippen LogP contribution in [-0.4, -0.2) is 74.6 Å². The summed E-state index contributed by atoms with van der Waals surface area (Å²) in [5, 5.41) is 12.4. The van der Waals surface area contributed by atoms with Crippen LogP contribution >= 0.6 is 0 Å². The van der Waals surface area contributed by atoms with Crippen LogP contribution in [0.3, 0.4) is 0 Å². The Balaban J connectivity index is 2.95. The van der Waals surface area contributed by atoms with E-state index in [4.69, 9.17) is 14.2 Å². The molecule has 204 valence electrons. The Kier molecular flexibility index (Phi) is 10.4. The Morgan fingerprint density at radius 2 is 1.38 bits per heavy atom. The van der Waals surface area contributed by atoms with Gasteiger partial charge in [0.2, 0.25) is 0 Å². The van der Waals surface area contributed by atoms with E-state index in [0.29, 0.717) is 25.7 Å². The normalized spacial score (nSPS) is 28.6. The highest BCUT2D eigenvalue weighted by Crippen LogP contribution is 2.62. The number of esters is 4. The monoisotopic (exact) mass is 522 g/mol. The molecular formula is C26H34O11. The SMILES string of the molecule is COC(=O)CC(=O)C(C(=O)OC)[C@]12CCCCC#CCCCC[C@@]1(O)C(C(=O)OC)C(=O)C2C(=O)OC. The van der Waals surface area contributed by atoms with Crippen LogP contribution in [0, 0.1) is 35.0 Å². The maximum Gasteiger partial charge on any atom is 0.319 e. The summed E-state index contributed by atoms with van der Waals surface area (Å²) in [7, 11) is 4.10. The molecule has 0 aromatic rings. The second kappa shape index (κ2) is 12.8. The van der Waals surface area contributed by atoms with Crippen molar-refractivity contribution in [1.29, 1.82) is 0 Å². The first kappa shape index (κ1) is 30.0. The lowest BCUT2D eigenvalue weighted by Crippen LogP contribution is -2.61. The van der Waals surface area contributed by atoms with Gasteiger partial charge in [0, 0.05) is 18.3 Å². The van der Waals surface area contributed by atoms with Crippen LogP contribution in [0.15, 0.2) is 0 Å². The van der Waals surface area contributed by atoms with Gasteiger partial charge in [-0.3, -0.25) is 28.8 Å². The molecule has 1 saturated carbocycles. The molecule has 0 aliphatic heterocycles. The van der Waals surface area contributed by atoms with Gasteiger partial charge in [0.1, 0.15) is 24.2 Å². The van der Waals surface area contributed by atoms with Gasteiger partial charge in [0.15, 0.2) is 11.6 Å². The quantitative estimate of drug-likeness (QED) is 0.219. The molecule has 3 unspecified atom stereocenters. The maximum atomic E-state index is 13.8. The van der Waals surface area contributed by atoms with Crippen molar-refractivity contribution in [2.75, 3.05) is 28.4 Å². The lowest BCUT2D eigenvalue weighted by molar-refractivity contribution is -0.192. The third-order valence-corrected chi connectivity index (χ3v) is 7.44. The van der Waals surface area contributed by atoms with E-state index in [9.17, 15) is 33.9 Å². The van der Waals surface area contributed by atoms with E-state index in [1.165, 1.54) is 0 Å². The number of aliphatic hydroxyl groups is 1. The number of ether oxygens (including phenoxy) is 4. The van der Waals surface area contributed by atoms with Crippen molar-refractivity contribution in [3.05, 3.63) is 0 Å². The number of carbonyl (C=O) groups excluding carboxylic acids is 6. The van der Waals surface area contributed by atoms with Crippen molar-refractivity contribution in [3.8, 4) is 11.8 Å². The van der Waals surface area contributed by atoms with Crippen molar-refractivity contribution in [2.45, 2.75) is 63.4 Å². The highest BCUT2D eigenvalue weighted by Gasteiger charge is 2.77. The zero-order valence-electron chi connectivity index (χ0n) is 21.6. The van der Waals surface area contributed by atoms with Gasteiger partial charge in [0.05, 0.1) is 34.0 Å². The smallest absolute Gasteiger partial charge is 0.319 e. The summed E-state index contributed by atoms with van der Waals surface area (Å²) < 4.78 is 19.2. The van der Waals surface area contributed by atoms with E-state index >= 15 is 0 Å². The molecule has 0 aromatic heterocycles. The molecule has 0 bridgehead atoms. The molecule has 5 atom stereocenters. The Labute approximate surface area is 215 Å². The molecule has 0 radical (unpaired) electrons. The second-order valence-corrected chi connectivity index (χ2v) is 9.22. The Morgan fingerprint density at radius 1 is 0.838 bits per heavy atom. The molecule has 2 aliphatic rings. The van der Waals surface area contributed by atoms with Crippen molar-refractivity contribution >= 4 is 35.4 Å². The van der Waals surface area contributed by atoms with Crippen molar-refractivity contribution in [2.24, 2.45) is 23.2 Å². The topological polar surface area (TPSA) is 160 Å². The van der Waals surface area contributed by atoms with E-state index in [0.717, 1.165) is 28.4 Å². The first-order chi connectivity index (χ1) is 17.6. The molecule has 0 amide bonds. The number of rotatable bonds is 7. The summed E-state index contributed by atoms with van der Waals surface area (Å²) in [6, 6.07) is 0. The van der Waals surface area contributed by atoms with Gasteiger partial charge in [-0.2, -0.15) is 0 Å². The largest absolute Gasteiger partial charge is 0.469 e. The lowest BCUT2D eigenvalue weighted by Gasteiger charge is -2.48. The number of Topliss-reactive ketones (excluding diaryl/α,β-unsaturated/α-hetero) is 2. The number of ketones is 2. The number of carbonyl (C=O) groups is 6. The molecule has 11 nitrogen and oxygen atoms in total. The standard InChI is InChI=1S/C26H34O11/c1-34-17(28)15-16(27)18(22(30)35-2)25-13-11-9-7-5-6-8-10-12-14-26(25,33)20(24(32)37-4)21(29)19(25)23(31)36-3/h18-20,33H,7-15H2,1-4H3/t18?,19?,20?,25-,26+/m0/s1. The van der Waals surface area contributed by atoms with E-state index in [1.54, 1.807) is 0 Å². The summed E-state index contributed by atoms with van der Waals surface area (Å²) in [4.78, 5) is 78.8. The minimum atomic E-state index is -2.38. The zero-order valence-corrected chi connectivity index (χ0v) is 21.6. The summed E-state index contributed by atoms with van der Waals surface area (Å²) in [5.74, 6) is -6.07. The van der Waals surface area contributed by atoms with Crippen LogP contribution in [0.4, 0.5) is 0 Å². The van der Waals surface area contributed by atoms with Crippen LogP contribution in [-0.2, 0) is 47.7 Å². The molecule has 11 heteroatoms. The molecule has 0 saturated heterocycles. The first-order valence-electron chi connectivity index (χ1n) is 12.1. The van der Waals surface area contributed by atoms with Gasteiger partial charge in [-0.05, 0) is 32.1 Å². The lowest BCUT2D eigenvalue weighted by atomic mass is 9.55. The molecule has 0 spiro atoms. The Hall–Kier alpha value is -3.26. The second-order valence-electron chi connectivity index (χ2n) is 9.22. The molecule has 2 aliphatic carbocycles. The predicted octanol–water partition coefficient (Wildman–Crippen LogP) is 0.924. The van der Waals surface area contributed by atoms with Crippen LogP contribution < -0.4 is 0 Å². The zero-order chi connectivity index (χ0) is 27.8. The Morgan fingerprint density at radius 3 is 1.89 bits per heavy atom. The number of hydrogen-bond acceptors (Lipinski definition) is 11. The Bertz CT molecular complexity index is 990. The van der Waals surface area contributed by atoms with Gasteiger partial charge in [-0.1, -0.05) is 6.42 Å². The molecule has 2 rings (SSSR count). The maximum absolute atomic E-state index is 13.8. The third kappa shape index (κ3) is 5.54. The van der Waals surface area contributed by atoms with Gasteiger partial charge < -0.3 is 24.1 Å². The van der Waals surface area contributed by atoms with Crippen LogP contribution in [0.1, 0.15) is 57.8 Å². The van der Waals surface area contributed by atoms with Crippen LogP contribution in [0.25, 0.3) is 0 Å². The van der Waals surface area contributed by atoms with Gasteiger partial charge in [-0.15, -0.1) is 11.8 Å². The fourth-order valence-corrected chi connectivity index (χ4v) is 5.83. The predicted molar refractivity (Wildman–Crippen MR) is 125 cm³/mol. The molecular weight excluding hydrogens is 488 g/mol. The summed E-state index contributed by atoms with van der Waals surface area (Å²) >= 11 is 0. The van der Waals surface area contributed by atoms with Gasteiger partial charge >= 0.3 is 23.9 Å². The minimum Gasteiger partial charge on any atom is -0.469 e. The number of hydrogen-bond donors (Lipinski definition) is 1. The van der Waals surface area contributed by atoms with Crippen LogP contribution in [0.5, 0.6) is 0 Å². The summed E-state index contributed by atoms with van der Waals surface area (Å²) in [6.45, 7) is 0. The molecule has 1 fully saturated rings. The molecule has 0 aromatic carbocycles. The van der Waals surface area contributed by atoms with Gasteiger partial charge in [0.25, 0.3) is 0 Å². The van der Waals surface area contributed by atoms with Crippen molar-refractivity contribution < 1.29 is 52.8 Å². The fraction of sp³-hybridized carbons (Fsp3) is 0.692. The fourth-order valence-electron chi connectivity index (χ4n) is 5.83. The van der Waals surface area contributed by atoms with Gasteiger partial charge in [-0.25, -0.2) is 0 Å². The number of methoxy groups -OCH3 is 4. The number of fused-ring (bicyclic) bond motifs is 1.